The number of anilines is 2. The summed E-state index contributed by atoms with van der Waals surface area (Å²) >= 11 is 6.24. The molecule has 0 spiro atoms. The van der Waals surface area contributed by atoms with Gasteiger partial charge in [0, 0.05) is 44.9 Å². The molecule has 3 rings (SSSR count). The fraction of sp³-hybridized carbons (Fsp3) is 0.435. The molecule has 0 radical (unpaired) electrons. The van der Waals surface area contributed by atoms with Gasteiger partial charge in [-0.2, -0.15) is 0 Å². The van der Waals surface area contributed by atoms with Crippen LogP contribution in [0.25, 0.3) is 0 Å². The van der Waals surface area contributed by atoms with Crippen LogP contribution in [0.5, 0.6) is 0 Å². The number of ether oxygens (including phenoxy) is 2. The van der Waals surface area contributed by atoms with Crippen LogP contribution in [0.4, 0.5) is 16.2 Å². The number of halogens is 1. The summed E-state index contributed by atoms with van der Waals surface area (Å²) < 4.78 is 10.6. The van der Waals surface area contributed by atoms with Gasteiger partial charge in [0.05, 0.1) is 24.6 Å². The zero-order valence-corrected chi connectivity index (χ0v) is 18.2. The Bertz CT molecular complexity index is 798. The van der Waals surface area contributed by atoms with Crippen molar-refractivity contribution in [1.82, 2.24) is 4.90 Å². The third-order valence-electron chi connectivity index (χ3n) is 5.08. The smallest absolute Gasteiger partial charge is 0.322 e. The lowest BCUT2D eigenvalue weighted by atomic mass is 10.2. The van der Waals surface area contributed by atoms with Gasteiger partial charge < -0.3 is 24.6 Å². The van der Waals surface area contributed by atoms with Crippen LogP contribution in [0.3, 0.4) is 0 Å². The molecule has 0 aromatic heterocycles. The summed E-state index contributed by atoms with van der Waals surface area (Å²) in [5, 5.41) is 3.69. The quantitative estimate of drug-likeness (QED) is 0.588. The van der Waals surface area contributed by atoms with Gasteiger partial charge in [-0.3, -0.25) is 0 Å². The minimum absolute atomic E-state index is 0.131. The molecule has 0 saturated carbocycles. The second-order valence-corrected chi connectivity index (χ2v) is 7.73. The monoisotopic (exact) mass is 431 g/mol. The first kappa shape index (κ1) is 22.4. The highest BCUT2D eigenvalue weighted by Gasteiger charge is 2.19. The molecule has 0 atom stereocenters. The maximum absolute atomic E-state index is 13.2. The van der Waals surface area contributed by atoms with Crippen LogP contribution in [0.1, 0.15) is 18.4 Å². The van der Waals surface area contributed by atoms with E-state index in [1.807, 2.05) is 53.4 Å². The molecule has 0 aliphatic carbocycles. The van der Waals surface area contributed by atoms with E-state index >= 15 is 0 Å². The number of urea groups is 1. The number of methoxy groups -OCH3 is 1. The van der Waals surface area contributed by atoms with Crippen molar-refractivity contribution in [3.8, 4) is 0 Å². The number of carbonyl (C=O) groups excluding carboxylic acids is 1. The Kier molecular flexibility index (Phi) is 8.81. The van der Waals surface area contributed by atoms with Crippen molar-refractivity contribution in [2.75, 3.05) is 56.8 Å². The van der Waals surface area contributed by atoms with Crippen LogP contribution in [-0.4, -0.2) is 57.5 Å². The van der Waals surface area contributed by atoms with Crippen LogP contribution in [-0.2, 0) is 16.0 Å². The van der Waals surface area contributed by atoms with Crippen LogP contribution in [0.2, 0.25) is 5.02 Å². The number of hydrogen-bond acceptors (Lipinski definition) is 4. The molecule has 2 amide bonds. The van der Waals surface area contributed by atoms with Crippen molar-refractivity contribution in [3.63, 3.8) is 0 Å². The Balaban J connectivity index is 1.74. The molecule has 2 aromatic rings. The van der Waals surface area contributed by atoms with E-state index in [0.29, 0.717) is 37.9 Å². The summed E-state index contributed by atoms with van der Waals surface area (Å²) in [7, 11) is 1.70. The lowest BCUT2D eigenvalue weighted by molar-refractivity contribution is 0.123. The highest BCUT2D eigenvalue weighted by Crippen LogP contribution is 2.30. The number of unbranched alkanes of at least 4 members (excludes halogenated alkanes) is 1. The number of amides is 2. The number of nitrogens with one attached hydrogen (secondary N) is 1. The third kappa shape index (κ3) is 6.62. The van der Waals surface area contributed by atoms with Crippen LogP contribution in [0, 0.1) is 0 Å². The van der Waals surface area contributed by atoms with Crippen LogP contribution >= 0.6 is 11.6 Å². The number of hydrogen-bond donors (Lipinski definition) is 1. The lowest BCUT2D eigenvalue weighted by Crippen LogP contribution is -2.38. The van der Waals surface area contributed by atoms with Gasteiger partial charge in [-0.15, -0.1) is 0 Å². The van der Waals surface area contributed by atoms with Gasteiger partial charge in [0.2, 0.25) is 0 Å². The van der Waals surface area contributed by atoms with E-state index in [9.17, 15) is 4.79 Å². The number of nitrogens with zero attached hydrogens (tertiary/aromatic N) is 2. The topological polar surface area (TPSA) is 54.0 Å². The molecule has 1 aliphatic heterocycles. The average Bonchev–Trinajstić information content (AvgIpc) is 2.77. The molecule has 162 valence electrons. The predicted molar refractivity (Wildman–Crippen MR) is 121 cm³/mol. The van der Waals surface area contributed by atoms with Gasteiger partial charge in [-0.05, 0) is 36.6 Å². The maximum atomic E-state index is 13.2. The SMILES string of the molecule is COCCCCN(Cc1ccccc1)C(=O)Nc1cc(Cl)ccc1N1CCOCC1. The molecular weight excluding hydrogens is 402 g/mol. The molecule has 1 aliphatic rings. The summed E-state index contributed by atoms with van der Waals surface area (Å²) in [6.45, 7) is 4.82. The Morgan fingerprint density at radius 2 is 1.93 bits per heavy atom. The molecule has 7 heteroatoms. The molecule has 1 fully saturated rings. The Morgan fingerprint density at radius 1 is 1.17 bits per heavy atom. The standard InChI is InChI=1S/C23H30ClN3O3/c1-29-14-6-5-11-27(18-19-7-3-2-4-8-19)23(28)25-21-17-20(24)9-10-22(21)26-12-15-30-16-13-26/h2-4,7-10,17H,5-6,11-16,18H2,1H3,(H,25,28). The van der Waals surface area contributed by atoms with Crippen molar-refractivity contribution in [2.45, 2.75) is 19.4 Å². The van der Waals surface area contributed by atoms with E-state index in [-0.39, 0.29) is 6.03 Å². The van der Waals surface area contributed by atoms with Gasteiger partial charge in [-0.25, -0.2) is 4.79 Å². The van der Waals surface area contributed by atoms with Gasteiger partial charge >= 0.3 is 6.03 Å². The molecular formula is C23H30ClN3O3. The van der Waals surface area contributed by atoms with Gasteiger partial charge in [0.25, 0.3) is 0 Å². The normalized spacial score (nSPS) is 13.9. The highest BCUT2D eigenvalue weighted by atomic mass is 35.5. The second-order valence-electron chi connectivity index (χ2n) is 7.30. The summed E-state index contributed by atoms with van der Waals surface area (Å²) in [4.78, 5) is 17.3. The zero-order valence-electron chi connectivity index (χ0n) is 17.5. The second kappa shape index (κ2) is 11.8. The summed E-state index contributed by atoms with van der Waals surface area (Å²) in [5.74, 6) is 0. The molecule has 30 heavy (non-hydrogen) atoms. The largest absolute Gasteiger partial charge is 0.385 e. The highest BCUT2D eigenvalue weighted by molar-refractivity contribution is 6.31. The van der Waals surface area contributed by atoms with Gasteiger partial charge in [0.1, 0.15) is 0 Å². The average molecular weight is 432 g/mol. The number of benzene rings is 2. The first-order valence-electron chi connectivity index (χ1n) is 10.4. The molecule has 1 saturated heterocycles. The van der Waals surface area contributed by atoms with E-state index in [4.69, 9.17) is 21.1 Å². The van der Waals surface area contributed by atoms with E-state index in [2.05, 4.69) is 10.2 Å². The van der Waals surface area contributed by atoms with Crippen molar-refractivity contribution < 1.29 is 14.3 Å². The Morgan fingerprint density at radius 3 is 2.67 bits per heavy atom. The lowest BCUT2D eigenvalue weighted by Gasteiger charge is -2.31. The Hall–Kier alpha value is -2.28. The predicted octanol–water partition coefficient (Wildman–Crippen LogP) is 4.64. The number of carbonyl (C=O) groups is 1. The van der Waals surface area contributed by atoms with Crippen molar-refractivity contribution in [1.29, 1.82) is 0 Å². The third-order valence-corrected chi connectivity index (χ3v) is 5.32. The van der Waals surface area contributed by atoms with Crippen LogP contribution in [0.15, 0.2) is 48.5 Å². The van der Waals surface area contributed by atoms with E-state index in [1.165, 1.54) is 0 Å². The number of rotatable bonds is 9. The molecule has 6 nitrogen and oxygen atoms in total. The van der Waals surface area contributed by atoms with E-state index in [0.717, 1.165) is 42.9 Å². The first-order chi connectivity index (χ1) is 14.7. The summed E-state index contributed by atoms with van der Waals surface area (Å²) in [6, 6.07) is 15.5. The fourth-order valence-electron chi connectivity index (χ4n) is 3.49. The summed E-state index contributed by atoms with van der Waals surface area (Å²) in [6.07, 6.45) is 1.78. The Labute approximate surface area is 183 Å². The summed E-state index contributed by atoms with van der Waals surface area (Å²) in [5.41, 5.74) is 2.79. The minimum Gasteiger partial charge on any atom is -0.385 e. The van der Waals surface area contributed by atoms with E-state index in [1.54, 1.807) is 7.11 Å². The first-order valence-corrected chi connectivity index (χ1v) is 10.8. The van der Waals surface area contributed by atoms with Crippen molar-refractivity contribution in [3.05, 3.63) is 59.1 Å². The van der Waals surface area contributed by atoms with Gasteiger partial charge in [0.15, 0.2) is 0 Å². The number of morpholine rings is 1. The maximum Gasteiger partial charge on any atom is 0.322 e. The van der Waals surface area contributed by atoms with Gasteiger partial charge in [-0.1, -0.05) is 41.9 Å². The fourth-order valence-corrected chi connectivity index (χ4v) is 3.66. The van der Waals surface area contributed by atoms with Crippen molar-refractivity contribution in [2.24, 2.45) is 0 Å². The molecule has 0 unspecified atom stereocenters. The van der Waals surface area contributed by atoms with Crippen molar-refractivity contribution >= 4 is 29.0 Å². The minimum atomic E-state index is -0.131. The van der Waals surface area contributed by atoms with E-state index < -0.39 is 0 Å². The molecule has 1 N–H and O–H groups in total. The molecule has 2 aromatic carbocycles. The zero-order chi connectivity index (χ0) is 21.2. The molecule has 0 bridgehead atoms. The molecule has 1 heterocycles. The van der Waals surface area contributed by atoms with Crippen LogP contribution < -0.4 is 10.2 Å².